The molecule has 1 saturated carbocycles. The van der Waals surface area contributed by atoms with Crippen LogP contribution in [0.3, 0.4) is 0 Å². The molecule has 1 saturated heterocycles. The third kappa shape index (κ3) is 4.20. The van der Waals surface area contributed by atoms with Crippen LogP contribution in [0.15, 0.2) is 0 Å². The van der Waals surface area contributed by atoms with E-state index in [0.717, 1.165) is 31.2 Å². The van der Waals surface area contributed by atoms with Crippen molar-refractivity contribution >= 4 is 5.91 Å². The Bertz CT molecular complexity index is 303. The lowest BCUT2D eigenvalue weighted by molar-refractivity contribution is -0.132. The van der Waals surface area contributed by atoms with E-state index in [4.69, 9.17) is 0 Å². The zero-order valence-corrected chi connectivity index (χ0v) is 12.8. The Hall–Kier alpha value is -0.570. The van der Waals surface area contributed by atoms with E-state index in [1.54, 1.807) is 0 Å². The van der Waals surface area contributed by atoms with Crippen LogP contribution in [0.4, 0.5) is 0 Å². The SMILES string of the molecule is CC(C)C1CCCC(NC2CCC(=O)N(C)C2)CC1. The molecule has 2 aliphatic rings. The molecular formula is C16H30N2O. The number of likely N-dealkylation sites (N-methyl/N-ethyl adjacent to an activating group) is 1. The summed E-state index contributed by atoms with van der Waals surface area (Å²) in [5.41, 5.74) is 0. The number of likely N-dealkylation sites (tertiary alicyclic amines) is 1. The molecule has 1 heterocycles. The van der Waals surface area contributed by atoms with Crippen molar-refractivity contribution < 1.29 is 4.79 Å². The fourth-order valence-electron chi connectivity index (χ4n) is 3.65. The molecule has 0 aromatic heterocycles. The highest BCUT2D eigenvalue weighted by atomic mass is 16.2. The molecule has 1 aliphatic carbocycles. The van der Waals surface area contributed by atoms with Gasteiger partial charge in [-0.3, -0.25) is 4.79 Å². The van der Waals surface area contributed by atoms with Gasteiger partial charge in [-0.05, 0) is 37.5 Å². The van der Waals surface area contributed by atoms with Crippen molar-refractivity contribution in [3.8, 4) is 0 Å². The van der Waals surface area contributed by atoms with Gasteiger partial charge in [-0.2, -0.15) is 0 Å². The highest BCUT2D eigenvalue weighted by Crippen LogP contribution is 2.29. The van der Waals surface area contributed by atoms with Crippen LogP contribution in [0.1, 0.15) is 58.8 Å². The first-order valence-corrected chi connectivity index (χ1v) is 8.06. The molecule has 19 heavy (non-hydrogen) atoms. The number of carbonyl (C=O) groups is 1. The summed E-state index contributed by atoms with van der Waals surface area (Å²) in [6, 6.07) is 1.19. The van der Waals surface area contributed by atoms with E-state index in [1.165, 1.54) is 32.1 Å². The van der Waals surface area contributed by atoms with E-state index in [1.807, 2.05) is 11.9 Å². The van der Waals surface area contributed by atoms with Crippen LogP contribution in [0, 0.1) is 11.8 Å². The second-order valence-corrected chi connectivity index (χ2v) is 6.89. The summed E-state index contributed by atoms with van der Waals surface area (Å²) < 4.78 is 0. The molecule has 3 atom stereocenters. The number of nitrogens with zero attached hydrogens (tertiary/aromatic N) is 1. The number of piperidine rings is 1. The van der Waals surface area contributed by atoms with Gasteiger partial charge in [-0.25, -0.2) is 0 Å². The third-order valence-corrected chi connectivity index (χ3v) is 5.05. The van der Waals surface area contributed by atoms with Crippen molar-refractivity contribution in [2.75, 3.05) is 13.6 Å². The smallest absolute Gasteiger partial charge is 0.222 e. The first kappa shape index (κ1) is 14.8. The standard InChI is InChI=1S/C16H30N2O/c1-12(2)13-5-4-6-14(8-7-13)17-15-9-10-16(19)18(3)11-15/h12-15,17H,4-11H2,1-3H3. The summed E-state index contributed by atoms with van der Waals surface area (Å²) in [6.45, 7) is 5.61. The summed E-state index contributed by atoms with van der Waals surface area (Å²) in [7, 11) is 1.93. The molecule has 0 bridgehead atoms. The van der Waals surface area contributed by atoms with Crippen LogP contribution in [0.2, 0.25) is 0 Å². The molecule has 2 fully saturated rings. The second-order valence-electron chi connectivity index (χ2n) is 6.89. The average Bonchev–Trinajstić information content (AvgIpc) is 2.59. The van der Waals surface area contributed by atoms with Crippen LogP contribution < -0.4 is 5.32 Å². The Morgan fingerprint density at radius 2 is 1.89 bits per heavy atom. The molecule has 1 N–H and O–H groups in total. The van der Waals surface area contributed by atoms with Gasteiger partial charge in [0.05, 0.1) is 0 Å². The molecule has 0 aromatic carbocycles. The predicted molar refractivity (Wildman–Crippen MR) is 79.0 cm³/mol. The van der Waals surface area contributed by atoms with Gasteiger partial charge in [0.1, 0.15) is 0 Å². The van der Waals surface area contributed by atoms with Crippen LogP contribution in [0.25, 0.3) is 0 Å². The molecule has 110 valence electrons. The monoisotopic (exact) mass is 266 g/mol. The number of hydrogen-bond donors (Lipinski definition) is 1. The Morgan fingerprint density at radius 3 is 2.58 bits per heavy atom. The third-order valence-electron chi connectivity index (χ3n) is 5.05. The van der Waals surface area contributed by atoms with E-state index in [0.29, 0.717) is 18.0 Å². The number of amides is 1. The lowest BCUT2D eigenvalue weighted by Gasteiger charge is -2.33. The molecule has 2 rings (SSSR count). The van der Waals surface area contributed by atoms with Crippen LogP contribution in [-0.4, -0.2) is 36.5 Å². The zero-order chi connectivity index (χ0) is 13.8. The second kappa shape index (κ2) is 6.74. The average molecular weight is 266 g/mol. The van der Waals surface area contributed by atoms with Crippen LogP contribution >= 0.6 is 0 Å². The maximum absolute atomic E-state index is 11.5. The maximum atomic E-state index is 11.5. The largest absolute Gasteiger partial charge is 0.344 e. The Kier molecular flexibility index (Phi) is 5.26. The first-order chi connectivity index (χ1) is 9.06. The normalized spacial score (nSPS) is 33.6. The quantitative estimate of drug-likeness (QED) is 0.797. The molecule has 0 radical (unpaired) electrons. The van der Waals surface area contributed by atoms with Gasteiger partial charge in [0.2, 0.25) is 5.91 Å². The molecule has 3 unspecified atom stereocenters. The minimum Gasteiger partial charge on any atom is -0.344 e. The zero-order valence-electron chi connectivity index (χ0n) is 12.8. The van der Waals surface area contributed by atoms with Crippen molar-refractivity contribution in [3.63, 3.8) is 0 Å². The topological polar surface area (TPSA) is 32.3 Å². The van der Waals surface area contributed by atoms with Crippen molar-refractivity contribution in [2.24, 2.45) is 11.8 Å². The summed E-state index contributed by atoms with van der Waals surface area (Å²) in [4.78, 5) is 13.4. The number of carbonyl (C=O) groups excluding carboxylic acids is 1. The Balaban J connectivity index is 1.78. The van der Waals surface area contributed by atoms with Gasteiger partial charge in [0.25, 0.3) is 0 Å². The van der Waals surface area contributed by atoms with Gasteiger partial charge in [0.15, 0.2) is 0 Å². The first-order valence-electron chi connectivity index (χ1n) is 8.06. The Morgan fingerprint density at radius 1 is 1.11 bits per heavy atom. The van der Waals surface area contributed by atoms with Crippen LogP contribution in [-0.2, 0) is 4.79 Å². The van der Waals surface area contributed by atoms with Gasteiger partial charge in [0, 0.05) is 32.1 Å². The van der Waals surface area contributed by atoms with Gasteiger partial charge < -0.3 is 10.2 Å². The molecule has 1 amide bonds. The molecule has 1 aliphatic heterocycles. The van der Waals surface area contributed by atoms with Gasteiger partial charge in [-0.15, -0.1) is 0 Å². The van der Waals surface area contributed by atoms with Crippen molar-refractivity contribution in [1.29, 1.82) is 0 Å². The van der Waals surface area contributed by atoms with Gasteiger partial charge in [-0.1, -0.05) is 26.7 Å². The molecular weight excluding hydrogens is 236 g/mol. The van der Waals surface area contributed by atoms with Crippen molar-refractivity contribution in [1.82, 2.24) is 10.2 Å². The highest BCUT2D eigenvalue weighted by Gasteiger charge is 2.26. The molecule has 0 spiro atoms. The number of hydrogen-bond acceptors (Lipinski definition) is 2. The summed E-state index contributed by atoms with van der Waals surface area (Å²) in [6.07, 6.45) is 8.51. The minimum atomic E-state index is 0.304. The highest BCUT2D eigenvalue weighted by molar-refractivity contribution is 5.76. The lowest BCUT2D eigenvalue weighted by Crippen LogP contribution is -2.49. The van der Waals surface area contributed by atoms with E-state index in [9.17, 15) is 4.79 Å². The summed E-state index contributed by atoms with van der Waals surface area (Å²) >= 11 is 0. The lowest BCUT2D eigenvalue weighted by atomic mass is 9.89. The number of rotatable bonds is 3. The maximum Gasteiger partial charge on any atom is 0.222 e. The van der Waals surface area contributed by atoms with E-state index in [2.05, 4.69) is 19.2 Å². The molecule has 3 nitrogen and oxygen atoms in total. The summed E-state index contributed by atoms with van der Waals surface area (Å²) in [5, 5.41) is 3.81. The summed E-state index contributed by atoms with van der Waals surface area (Å²) in [5.74, 6) is 2.05. The van der Waals surface area contributed by atoms with Crippen molar-refractivity contribution in [3.05, 3.63) is 0 Å². The molecule has 0 aromatic rings. The fraction of sp³-hybridized carbons (Fsp3) is 0.938. The van der Waals surface area contributed by atoms with Crippen LogP contribution in [0.5, 0.6) is 0 Å². The number of nitrogens with one attached hydrogen (secondary N) is 1. The van der Waals surface area contributed by atoms with E-state index >= 15 is 0 Å². The van der Waals surface area contributed by atoms with Gasteiger partial charge >= 0.3 is 0 Å². The predicted octanol–water partition coefficient (Wildman–Crippen LogP) is 2.80. The van der Waals surface area contributed by atoms with E-state index in [-0.39, 0.29) is 0 Å². The Labute approximate surface area is 118 Å². The molecule has 3 heteroatoms. The fourth-order valence-corrected chi connectivity index (χ4v) is 3.65. The van der Waals surface area contributed by atoms with E-state index < -0.39 is 0 Å². The van der Waals surface area contributed by atoms with Crippen molar-refractivity contribution in [2.45, 2.75) is 70.9 Å². The minimum absolute atomic E-state index is 0.304.